The smallest absolute Gasteiger partial charge is 0.380 e. The zero-order valence-corrected chi connectivity index (χ0v) is 12.3. The number of amides is 1. The number of hydrogen-bond acceptors (Lipinski definition) is 3. The van der Waals surface area contributed by atoms with Crippen LogP contribution in [-0.4, -0.2) is 11.9 Å². The molecule has 0 atom stereocenters. The van der Waals surface area contributed by atoms with E-state index in [2.05, 4.69) is 10.5 Å². The molecule has 3 aromatic carbocycles. The van der Waals surface area contributed by atoms with Crippen LogP contribution in [0.5, 0.6) is 0 Å². The van der Waals surface area contributed by atoms with Crippen LogP contribution in [0.3, 0.4) is 0 Å². The molecule has 3 aromatic rings. The van der Waals surface area contributed by atoms with Crippen LogP contribution in [0.25, 0.3) is 10.8 Å². The van der Waals surface area contributed by atoms with Crippen molar-refractivity contribution >= 4 is 28.4 Å². The summed E-state index contributed by atoms with van der Waals surface area (Å²) in [6, 6.07) is 22.5. The molecule has 0 aliphatic carbocycles. The first-order valence-corrected chi connectivity index (χ1v) is 7.08. The molecule has 0 saturated heterocycles. The Bertz CT molecular complexity index is 860. The van der Waals surface area contributed by atoms with Crippen molar-refractivity contribution in [1.82, 2.24) is 0 Å². The van der Waals surface area contributed by atoms with Gasteiger partial charge in [-0.05, 0) is 29.0 Å². The van der Waals surface area contributed by atoms with Crippen molar-refractivity contribution in [3.05, 3.63) is 78.4 Å². The normalized spacial score (nSPS) is 11.2. The number of hydrogen-bond donors (Lipinski definition) is 2. The summed E-state index contributed by atoms with van der Waals surface area (Å²) in [5.74, 6) is 0.138. The molecule has 114 valence electrons. The monoisotopic (exact) mass is 305 g/mol. The van der Waals surface area contributed by atoms with E-state index in [0.717, 1.165) is 10.8 Å². The first-order valence-electron chi connectivity index (χ1n) is 7.08. The van der Waals surface area contributed by atoms with E-state index in [0.29, 0.717) is 11.3 Å². The maximum atomic E-state index is 11.7. The number of rotatable bonds is 3. The van der Waals surface area contributed by atoms with Crippen LogP contribution in [0, 0.1) is 0 Å². The van der Waals surface area contributed by atoms with Crippen molar-refractivity contribution in [3.8, 4) is 0 Å². The van der Waals surface area contributed by atoms with Gasteiger partial charge >= 0.3 is 6.09 Å². The molecule has 3 rings (SSSR count). The second-order valence-corrected chi connectivity index (χ2v) is 4.91. The average molecular weight is 305 g/mol. The number of para-hydroxylation sites is 1. The highest BCUT2D eigenvalue weighted by molar-refractivity contribution is 6.01. The summed E-state index contributed by atoms with van der Waals surface area (Å²) < 4.78 is 0. The Hall–Kier alpha value is -3.34. The van der Waals surface area contributed by atoms with E-state index in [-0.39, 0.29) is 5.84 Å². The fourth-order valence-corrected chi connectivity index (χ4v) is 2.15. The molecular weight excluding hydrogens is 290 g/mol. The molecule has 1 amide bonds. The Kier molecular flexibility index (Phi) is 4.20. The zero-order valence-electron chi connectivity index (χ0n) is 12.3. The number of nitrogens with one attached hydrogen (secondary N) is 1. The van der Waals surface area contributed by atoms with Gasteiger partial charge in [0, 0.05) is 11.3 Å². The van der Waals surface area contributed by atoms with Crippen molar-refractivity contribution in [1.29, 1.82) is 0 Å². The average Bonchev–Trinajstić information content (AvgIpc) is 2.60. The van der Waals surface area contributed by atoms with E-state index in [1.54, 1.807) is 12.1 Å². The van der Waals surface area contributed by atoms with E-state index in [1.165, 1.54) is 0 Å². The van der Waals surface area contributed by atoms with E-state index in [4.69, 9.17) is 10.6 Å². The third-order valence-corrected chi connectivity index (χ3v) is 3.29. The lowest BCUT2D eigenvalue weighted by Crippen LogP contribution is -2.17. The summed E-state index contributed by atoms with van der Waals surface area (Å²) in [7, 11) is 0. The molecule has 0 spiro atoms. The molecule has 0 heterocycles. The van der Waals surface area contributed by atoms with Crippen LogP contribution in [0.4, 0.5) is 10.5 Å². The lowest BCUT2D eigenvalue weighted by molar-refractivity contribution is 0.166. The molecule has 0 saturated carbocycles. The maximum absolute atomic E-state index is 11.7. The zero-order chi connectivity index (χ0) is 16.1. The largest absolute Gasteiger partial charge is 0.437 e. The third-order valence-electron chi connectivity index (χ3n) is 3.29. The van der Waals surface area contributed by atoms with Crippen LogP contribution in [0.2, 0.25) is 0 Å². The number of anilines is 1. The summed E-state index contributed by atoms with van der Waals surface area (Å²) in [5, 5.41) is 8.38. The summed E-state index contributed by atoms with van der Waals surface area (Å²) >= 11 is 0. The predicted molar refractivity (Wildman–Crippen MR) is 91.2 cm³/mol. The molecule has 0 fully saturated rings. The molecule has 3 N–H and O–H groups in total. The number of benzene rings is 3. The molecule has 0 unspecified atom stereocenters. The molecule has 0 bridgehead atoms. The summed E-state index contributed by atoms with van der Waals surface area (Å²) in [4.78, 5) is 16.5. The van der Waals surface area contributed by atoms with Gasteiger partial charge in [0.1, 0.15) is 0 Å². The second kappa shape index (κ2) is 6.62. The Labute approximate surface area is 133 Å². The van der Waals surface area contributed by atoms with E-state index in [1.807, 2.05) is 60.7 Å². The Balaban J connectivity index is 1.69. The van der Waals surface area contributed by atoms with Crippen molar-refractivity contribution in [2.75, 3.05) is 5.32 Å². The lowest BCUT2D eigenvalue weighted by atomic mass is 10.1. The van der Waals surface area contributed by atoms with Gasteiger partial charge in [-0.25, -0.2) is 4.79 Å². The number of oxime groups is 1. The topological polar surface area (TPSA) is 76.7 Å². The highest BCUT2D eigenvalue weighted by atomic mass is 16.7. The van der Waals surface area contributed by atoms with Crippen molar-refractivity contribution in [3.63, 3.8) is 0 Å². The number of amidine groups is 1. The van der Waals surface area contributed by atoms with Gasteiger partial charge < -0.3 is 5.73 Å². The molecule has 0 radical (unpaired) electrons. The number of nitrogens with two attached hydrogens (primary N) is 1. The summed E-state index contributed by atoms with van der Waals surface area (Å²) in [6.07, 6.45) is -0.695. The van der Waals surface area contributed by atoms with Gasteiger partial charge in [0.15, 0.2) is 5.84 Å². The first kappa shape index (κ1) is 14.6. The van der Waals surface area contributed by atoms with Gasteiger partial charge in [0.2, 0.25) is 0 Å². The molecule has 5 nitrogen and oxygen atoms in total. The highest BCUT2D eigenvalue weighted by Crippen LogP contribution is 2.15. The van der Waals surface area contributed by atoms with E-state index >= 15 is 0 Å². The SMILES string of the molecule is N/C(=N\OC(=O)Nc1ccccc1)c1ccc2ccccc2c1. The molecule has 5 heteroatoms. The molecule has 0 aliphatic heterocycles. The third kappa shape index (κ3) is 3.65. The summed E-state index contributed by atoms with van der Waals surface area (Å²) in [6.45, 7) is 0. The van der Waals surface area contributed by atoms with Gasteiger partial charge in [0.05, 0.1) is 0 Å². The van der Waals surface area contributed by atoms with Crippen molar-refractivity contribution in [2.45, 2.75) is 0 Å². The van der Waals surface area contributed by atoms with Gasteiger partial charge in [-0.1, -0.05) is 59.8 Å². The summed E-state index contributed by atoms with van der Waals surface area (Å²) in [5.41, 5.74) is 7.19. The Morgan fingerprint density at radius 3 is 2.39 bits per heavy atom. The van der Waals surface area contributed by atoms with Crippen LogP contribution in [0.1, 0.15) is 5.56 Å². The number of nitrogens with zero attached hydrogens (tertiary/aromatic N) is 1. The van der Waals surface area contributed by atoms with Gasteiger partial charge in [-0.3, -0.25) is 10.2 Å². The van der Waals surface area contributed by atoms with E-state index in [9.17, 15) is 4.79 Å². The van der Waals surface area contributed by atoms with Gasteiger partial charge in [-0.2, -0.15) is 0 Å². The molecular formula is C18H15N3O2. The van der Waals surface area contributed by atoms with Gasteiger partial charge in [-0.15, -0.1) is 0 Å². The molecule has 23 heavy (non-hydrogen) atoms. The fourth-order valence-electron chi connectivity index (χ4n) is 2.15. The minimum atomic E-state index is -0.695. The first-order chi connectivity index (χ1) is 11.2. The van der Waals surface area contributed by atoms with Gasteiger partial charge in [0.25, 0.3) is 0 Å². The Morgan fingerprint density at radius 2 is 1.61 bits per heavy atom. The maximum Gasteiger partial charge on any atom is 0.437 e. The quantitative estimate of drug-likeness (QED) is 0.335. The fraction of sp³-hybridized carbons (Fsp3) is 0. The van der Waals surface area contributed by atoms with Crippen LogP contribution in [-0.2, 0) is 4.84 Å². The van der Waals surface area contributed by atoms with E-state index < -0.39 is 6.09 Å². The number of carbonyl (C=O) groups excluding carboxylic acids is 1. The minimum absolute atomic E-state index is 0.138. The second-order valence-electron chi connectivity index (χ2n) is 4.91. The molecule has 0 aromatic heterocycles. The standard InChI is InChI=1S/C18H15N3O2/c19-17(15-11-10-13-6-4-5-7-14(13)12-15)21-23-18(22)20-16-8-2-1-3-9-16/h1-12H,(H2,19,21)(H,20,22). The van der Waals surface area contributed by atoms with Crippen molar-refractivity contribution < 1.29 is 9.63 Å². The van der Waals surface area contributed by atoms with Crippen molar-refractivity contribution in [2.24, 2.45) is 10.9 Å². The number of carbonyl (C=O) groups is 1. The van der Waals surface area contributed by atoms with Crippen LogP contribution < -0.4 is 11.1 Å². The lowest BCUT2D eigenvalue weighted by Gasteiger charge is -2.04. The van der Waals surface area contributed by atoms with Crippen LogP contribution in [0.15, 0.2) is 78.0 Å². The minimum Gasteiger partial charge on any atom is -0.380 e. The Morgan fingerprint density at radius 1 is 0.913 bits per heavy atom. The predicted octanol–water partition coefficient (Wildman–Crippen LogP) is 3.71. The highest BCUT2D eigenvalue weighted by Gasteiger charge is 2.05. The molecule has 0 aliphatic rings. The van der Waals surface area contributed by atoms with Crippen LogP contribution >= 0.6 is 0 Å². The number of fused-ring (bicyclic) bond motifs is 1.